The number of halogens is 3. The molecule has 1 heterocycles. The minimum atomic E-state index is -4.35. The monoisotopic (exact) mass is 318 g/mol. The lowest BCUT2D eigenvalue weighted by Crippen LogP contribution is -2.57. The SMILES string of the molecule is O=C1NCCC[C@@H]1NC(=O)[C@H]1C2CCC(CC2)[C@@H]1C(F)(F)F. The van der Waals surface area contributed by atoms with Crippen molar-refractivity contribution in [3.8, 4) is 0 Å². The second-order valence-electron chi connectivity index (χ2n) is 6.76. The van der Waals surface area contributed by atoms with E-state index in [9.17, 15) is 22.8 Å². The molecule has 7 heteroatoms. The third-order valence-electron chi connectivity index (χ3n) is 5.50. The van der Waals surface area contributed by atoms with Crippen LogP contribution in [0, 0.1) is 23.7 Å². The van der Waals surface area contributed by atoms with Crippen molar-refractivity contribution in [1.29, 1.82) is 0 Å². The van der Waals surface area contributed by atoms with Gasteiger partial charge in [-0.15, -0.1) is 0 Å². The molecular formula is C15H21F3N2O2. The molecule has 0 aromatic rings. The molecule has 4 aliphatic rings. The molecule has 124 valence electrons. The van der Waals surface area contributed by atoms with Gasteiger partial charge in [0.15, 0.2) is 0 Å². The summed E-state index contributed by atoms with van der Waals surface area (Å²) in [4.78, 5) is 24.2. The minimum Gasteiger partial charge on any atom is -0.354 e. The van der Waals surface area contributed by atoms with Crippen molar-refractivity contribution >= 4 is 11.8 Å². The molecule has 22 heavy (non-hydrogen) atoms. The molecule has 3 atom stereocenters. The highest BCUT2D eigenvalue weighted by Gasteiger charge is 2.58. The van der Waals surface area contributed by atoms with Crippen LogP contribution in [0.1, 0.15) is 38.5 Å². The van der Waals surface area contributed by atoms with E-state index in [1.807, 2.05) is 0 Å². The molecule has 1 aliphatic heterocycles. The van der Waals surface area contributed by atoms with Crippen molar-refractivity contribution in [3.63, 3.8) is 0 Å². The van der Waals surface area contributed by atoms with Crippen molar-refractivity contribution in [2.45, 2.75) is 50.7 Å². The summed E-state index contributed by atoms with van der Waals surface area (Å²) in [7, 11) is 0. The molecule has 3 saturated carbocycles. The van der Waals surface area contributed by atoms with Crippen molar-refractivity contribution in [1.82, 2.24) is 10.6 Å². The van der Waals surface area contributed by atoms with E-state index in [1.165, 1.54) is 0 Å². The molecule has 4 fully saturated rings. The van der Waals surface area contributed by atoms with Gasteiger partial charge in [0.25, 0.3) is 0 Å². The number of nitrogens with one attached hydrogen (secondary N) is 2. The highest BCUT2D eigenvalue weighted by atomic mass is 19.4. The lowest BCUT2D eigenvalue weighted by Gasteiger charge is -2.48. The van der Waals surface area contributed by atoms with E-state index < -0.39 is 35.9 Å². The zero-order valence-corrected chi connectivity index (χ0v) is 12.3. The summed E-state index contributed by atoms with van der Waals surface area (Å²) in [6, 6.07) is -0.685. The van der Waals surface area contributed by atoms with Crippen LogP contribution in [0.2, 0.25) is 0 Å². The van der Waals surface area contributed by atoms with Crippen molar-refractivity contribution < 1.29 is 22.8 Å². The summed E-state index contributed by atoms with van der Waals surface area (Å²) in [6.45, 7) is 0.560. The van der Waals surface area contributed by atoms with Crippen LogP contribution in [0.5, 0.6) is 0 Å². The summed E-state index contributed by atoms with van der Waals surface area (Å²) < 4.78 is 40.2. The average Bonchev–Trinajstić information content (AvgIpc) is 2.49. The molecule has 2 bridgehead atoms. The Balaban J connectivity index is 1.75. The van der Waals surface area contributed by atoms with Gasteiger partial charge in [-0.2, -0.15) is 13.2 Å². The van der Waals surface area contributed by atoms with Crippen molar-refractivity contribution in [2.24, 2.45) is 23.7 Å². The van der Waals surface area contributed by atoms with Crippen LogP contribution in [-0.4, -0.2) is 30.6 Å². The van der Waals surface area contributed by atoms with Gasteiger partial charge >= 0.3 is 6.18 Å². The molecule has 2 N–H and O–H groups in total. The number of piperidine rings is 1. The smallest absolute Gasteiger partial charge is 0.354 e. The molecule has 0 aromatic heterocycles. The number of hydrogen-bond donors (Lipinski definition) is 2. The summed E-state index contributed by atoms with van der Waals surface area (Å²) in [5.74, 6) is -4.10. The van der Waals surface area contributed by atoms with Gasteiger partial charge in [0.2, 0.25) is 11.8 Å². The summed E-state index contributed by atoms with van der Waals surface area (Å²) >= 11 is 0. The van der Waals surface area contributed by atoms with Gasteiger partial charge in [-0.1, -0.05) is 0 Å². The fraction of sp³-hybridized carbons (Fsp3) is 0.867. The number of amides is 2. The van der Waals surface area contributed by atoms with Gasteiger partial charge in [0.05, 0.1) is 11.8 Å². The third kappa shape index (κ3) is 2.82. The first-order chi connectivity index (χ1) is 10.4. The first kappa shape index (κ1) is 15.6. The van der Waals surface area contributed by atoms with Crippen LogP contribution in [0.25, 0.3) is 0 Å². The Morgan fingerprint density at radius 1 is 1.09 bits per heavy atom. The largest absolute Gasteiger partial charge is 0.392 e. The number of carbonyl (C=O) groups is 2. The fourth-order valence-corrected chi connectivity index (χ4v) is 4.48. The Kier molecular flexibility index (Phi) is 4.07. The van der Waals surface area contributed by atoms with Crippen LogP contribution >= 0.6 is 0 Å². The Morgan fingerprint density at radius 2 is 1.73 bits per heavy atom. The van der Waals surface area contributed by atoms with Gasteiger partial charge in [0, 0.05) is 6.54 Å². The van der Waals surface area contributed by atoms with Crippen molar-refractivity contribution in [3.05, 3.63) is 0 Å². The second-order valence-corrected chi connectivity index (χ2v) is 6.76. The lowest BCUT2D eigenvalue weighted by atomic mass is 9.58. The van der Waals surface area contributed by atoms with E-state index in [1.54, 1.807) is 0 Å². The normalized spacial score (nSPS) is 38.5. The second kappa shape index (κ2) is 5.74. The van der Waals surface area contributed by atoms with Crippen molar-refractivity contribution in [2.75, 3.05) is 6.54 Å². The van der Waals surface area contributed by atoms with E-state index in [4.69, 9.17) is 0 Å². The molecule has 1 saturated heterocycles. The van der Waals surface area contributed by atoms with E-state index in [0.29, 0.717) is 38.6 Å². The average molecular weight is 318 g/mol. The maximum Gasteiger partial charge on any atom is 0.392 e. The highest BCUT2D eigenvalue weighted by Crippen LogP contribution is 2.54. The quantitative estimate of drug-likeness (QED) is 0.818. The van der Waals surface area contributed by atoms with Crippen LogP contribution < -0.4 is 10.6 Å². The zero-order chi connectivity index (χ0) is 15.9. The van der Waals surface area contributed by atoms with Gasteiger partial charge in [-0.3, -0.25) is 9.59 Å². The van der Waals surface area contributed by atoms with Crippen LogP contribution in [0.15, 0.2) is 0 Å². The molecule has 0 unspecified atom stereocenters. The highest BCUT2D eigenvalue weighted by molar-refractivity contribution is 5.89. The van der Waals surface area contributed by atoms with Gasteiger partial charge in [-0.25, -0.2) is 0 Å². The van der Waals surface area contributed by atoms with E-state index in [-0.39, 0.29) is 11.8 Å². The van der Waals surface area contributed by atoms with E-state index in [2.05, 4.69) is 10.6 Å². The Labute approximate surface area is 127 Å². The molecule has 0 aromatic carbocycles. The lowest BCUT2D eigenvalue weighted by molar-refractivity contribution is -0.229. The maximum atomic E-state index is 13.4. The number of alkyl halides is 3. The first-order valence-electron chi connectivity index (χ1n) is 8.02. The number of carbonyl (C=O) groups excluding carboxylic acids is 2. The third-order valence-corrected chi connectivity index (χ3v) is 5.50. The zero-order valence-electron chi connectivity index (χ0n) is 12.3. The molecule has 0 radical (unpaired) electrons. The van der Waals surface area contributed by atoms with Crippen LogP contribution in [0.4, 0.5) is 13.2 Å². The van der Waals surface area contributed by atoms with Gasteiger partial charge in [0.1, 0.15) is 6.04 Å². The van der Waals surface area contributed by atoms with Crippen LogP contribution in [0.3, 0.4) is 0 Å². The van der Waals surface area contributed by atoms with Gasteiger partial charge in [-0.05, 0) is 50.4 Å². The minimum absolute atomic E-state index is 0.205. The topological polar surface area (TPSA) is 58.2 Å². The van der Waals surface area contributed by atoms with E-state index in [0.717, 1.165) is 6.42 Å². The molecule has 4 rings (SSSR count). The predicted molar refractivity (Wildman–Crippen MR) is 72.7 cm³/mol. The van der Waals surface area contributed by atoms with Crippen LogP contribution in [-0.2, 0) is 9.59 Å². The first-order valence-corrected chi connectivity index (χ1v) is 8.02. The Morgan fingerprint density at radius 3 is 2.32 bits per heavy atom. The Hall–Kier alpha value is -1.27. The van der Waals surface area contributed by atoms with E-state index >= 15 is 0 Å². The number of rotatable bonds is 2. The number of hydrogen-bond acceptors (Lipinski definition) is 2. The molecule has 2 amide bonds. The number of fused-ring (bicyclic) bond motifs is 3. The summed E-state index contributed by atoms with van der Waals surface area (Å²) in [5.41, 5.74) is 0. The summed E-state index contributed by atoms with van der Waals surface area (Å²) in [5, 5.41) is 5.21. The summed E-state index contributed by atoms with van der Waals surface area (Å²) in [6.07, 6.45) is -0.630. The molecule has 0 spiro atoms. The standard InChI is InChI=1S/C15H21F3N2O2/c16-15(17,18)12-9-5-3-8(4-6-9)11(12)14(22)20-10-2-1-7-19-13(10)21/h8-12H,1-7H2,(H,19,21)(H,20,22)/t8?,9?,10-,11-,12-/m0/s1. The van der Waals surface area contributed by atoms with Gasteiger partial charge < -0.3 is 10.6 Å². The maximum absolute atomic E-state index is 13.4. The predicted octanol–water partition coefficient (Wildman–Crippen LogP) is 2.00. The molecular weight excluding hydrogens is 297 g/mol. The Bertz CT molecular complexity index is 458. The molecule has 3 aliphatic carbocycles. The fourth-order valence-electron chi connectivity index (χ4n) is 4.48. The molecule has 4 nitrogen and oxygen atoms in total.